The molecule has 164 valence electrons. The number of fused-ring (bicyclic) bond motifs is 1. The van der Waals surface area contributed by atoms with Gasteiger partial charge >= 0.3 is 12.2 Å². The van der Waals surface area contributed by atoms with Crippen LogP contribution in [-0.2, 0) is 15.7 Å². The van der Waals surface area contributed by atoms with Crippen LogP contribution in [0.1, 0.15) is 18.9 Å². The van der Waals surface area contributed by atoms with Crippen LogP contribution < -0.4 is 10.1 Å². The van der Waals surface area contributed by atoms with Crippen LogP contribution in [0.4, 0.5) is 18.0 Å². The van der Waals surface area contributed by atoms with Crippen LogP contribution in [-0.4, -0.2) is 72.8 Å². The Hall–Kier alpha value is -2.49. The third-order valence-electron chi connectivity index (χ3n) is 5.94. The molecule has 0 aliphatic carbocycles. The Kier molecular flexibility index (Phi) is 5.52. The summed E-state index contributed by atoms with van der Waals surface area (Å²) in [4.78, 5) is 27.7. The molecular formula is C20H24F3N3O4. The van der Waals surface area contributed by atoms with Crippen LogP contribution in [0.15, 0.2) is 24.3 Å². The van der Waals surface area contributed by atoms with Gasteiger partial charge in [-0.25, -0.2) is 4.79 Å². The lowest BCUT2D eigenvalue weighted by atomic mass is 9.94. The van der Waals surface area contributed by atoms with Crippen LogP contribution in [0.3, 0.4) is 0 Å². The Labute approximate surface area is 172 Å². The number of rotatable bonds is 3. The number of morpholine rings is 1. The highest BCUT2D eigenvalue weighted by molar-refractivity contribution is 5.79. The molecule has 1 aromatic rings. The zero-order valence-electron chi connectivity index (χ0n) is 16.5. The van der Waals surface area contributed by atoms with E-state index in [4.69, 9.17) is 9.47 Å². The van der Waals surface area contributed by atoms with Crippen molar-refractivity contribution in [3.63, 3.8) is 0 Å². The normalized spacial score (nSPS) is 25.8. The number of piperidine rings is 1. The number of halogens is 3. The van der Waals surface area contributed by atoms with Crippen molar-refractivity contribution in [3.8, 4) is 5.75 Å². The highest BCUT2D eigenvalue weighted by Gasteiger charge is 2.41. The molecule has 10 heteroatoms. The Balaban J connectivity index is 1.25. The van der Waals surface area contributed by atoms with E-state index >= 15 is 0 Å². The molecule has 3 saturated heterocycles. The largest absolute Gasteiger partial charge is 0.490 e. The van der Waals surface area contributed by atoms with Crippen molar-refractivity contribution in [2.75, 3.05) is 32.8 Å². The maximum atomic E-state index is 12.7. The van der Waals surface area contributed by atoms with E-state index in [2.05, 4.69) is 5.32 Å². The van der Waals surface area contributed by atoms with Gasteiger partial charge in [0.1, 0.15) is 18.5 Å². The second-order valence-electron chi connectivity index (χ2n) is 8.05. The first kappa shape index (κ1) is 20.8. The van der Waals surface area contributed by atoms with Crippen molar-refractivity contribution in [2.24, 2.45) is 5.92 Å². The molecule has 4 rings (SSSR count). The van der Waals surface area contributed by atoms with E-state index in [1.54, 1.807) is 9.80 Å². The van der Waals surface area contributed by atoms with Crippen molar-refractivity contribution in [1.82, 2.24) is 15.1 Å². The number of urea groups is 1. The minimum absolute atomic E-state index is 0.0481. The van der Waals surface area contributed by atoms with Crippen LogP contribution in [0.2, 0.25) is 0 Å². The maximum absolute atomic E-state index is 12.7. The number of carbonyl (C=O) groups is 2. The summed E-state index contributed by atoms with van der Waals surface area (Å²) in [7, 11) is 0. The van der Waals surface area contributed by atoms with E-state index in [1.807, 2.05) is 6.92 Å². The minimum atomic E-state index is -4.37. The molecule has 0 saturated carbocycles. The summed E-state index contributed by atoms with van der Waals surface area (Å²) >= 11 is 0. The van der Waals surface area contributed by atoms with Crippen molar-refractivity contribution < 1.29 is 32.2 Å². The summed E-state index contributed by atoms with van der Waals surface area (Å²) in [6.45, 7) is 3.97. The third-order valence-corrected chi connectivity index (χ3v) is 5.94. The molecule has 7 nitrogen and oxygen atoms in total. The molecule has 0 aromatic heterocycles. The summed E-state index contributed by atoms with van der Waals surface area (Å²) in [6, 6.07) is 4.36. The number of nitrogens with one attached hydrogen (secondary N) is 1. The van der Waals surface area contributed by atoms with Crippen molar-refractivity contribution in [1.29, 1.82) is 0 Å². The number of alkyl halides is 3. The average Bonchev–Trinajstić information content (AvgIpc) is 2.65. The standard InChI is InChI=1S/C20H24F3N3O4/c1-12(30-15-4-2-14(3-5-15)20(21,22)23)13-8-26(9-13)19(28)25-7-6-17-16(10-25)24-18(27)11-29-17/h2-5,12-13,16-17H,6-11H2,1H3,(H,24,27)/t12-,16?,17+/m1/s1. The molecule has 1 unspecified atom stereocenters. The van der Waals surface area contributed by atoms with Crippen molar-refractivity contribution in [2.45, 2.75) is 37.8 Å². The van der Waals surface area contributed by atoms with Crippen molar-refractivity contribution in [3.05, 3.63) is 29.8 Å². The predicted molar refractivity (Wildman–Crippen MR) is 99.9 cm³/mol. The zero-order chi connectivity index (χ0) is 21.5. The van der Waals surface area contributed by atoms with E-state index < -0.39 is 11.7 Å². The summed E-state index contributed by atoms with van der Waals surface area (Å²) in [5, 5.41) is 2.88. The van der Waals surface area contributed by atoms with E-state index in [-0.39, 0.29) is 42.7 Å². The number of hydrogen-bond donors (Lipinski definition) is 1. The van der Waals surface area contributed by atoms with E-state index in [0.29, 0.717) is 38.3 Å². The van der Waals surface area contributed by atoms with Gasteiger partial charge in [-0.3, -0.25) is 4.79 Å². The quantitative estimate of drug-likeness (QED) is 0.802. The Bertz CT molecular complexity index is 795. The second kappa shape index (κ2) is 7.98. The Morgan fingerprint density at radius 3 is 2.57 bits per heavy atom. The monoisotopic (exact) mass is 427 g/mol. The summed E-state index contributed by atoms with van der Waals surface area (Å²) in [5.74, 6) is 0.311. The lowest BCUT2D eigenvalue weighted by molar-refractivity contribution is -0.140. The first-order chi connectivity index (χ1) is 14.2. The molecule has 3 fully saturated rings. The van der Waals surface area contributed by atoms with Gasteiger partial charge in [-0.2, -0.15) is 13.2 Å². The van der Waals surface area contributed by atoms with Gasteiger partial charge in [-0.15, -0.1) is 0 Å². The molecular weight excluding hydrogens is 403 g/mol. The van der Waals surface area contributed by atoms with Gasteiger partial charge in [0.25, 0.3) is 0 Å². The number of ether oxygens (including phenoxy) is 2. The SMILES string of the molecule is C[C@@H](Oc1ccc(C(F)(F)F)cc1)C1CN(C(=O)N2CC[C@@H]3OCC(=O)NC3C2)C1. The number of carbonyl (C=O) groups excluding carboxylic acids is 2. The van der Waals surface area contributed by atoms with E-state index in [0.717, 1.165) is 12.1 Å². The van der Waals surface area contributed by atoms with Gasteiger partial charge in [0.15, 0.2) is 0 Å². The first-order valence-electron chi connectivity index (χ1n) is 9.99. The fourth-order valence-electron chi connectivity index (χ4n) is 4.07. The number of likely N-dealkylation sites (tertiary alicyclic amines) is 2. The molecule has 3 amide bonds. The summed E-state index contributed by atoms with van der Waals surface area (Å²) in [5.41, 5.74) is -0.716. The number of amides is 3. The van der Waals surface area contributed by atoms with Crippen LogP contribution in [0, 0.1) is 5.92 Å². The van der Waals surface area contributed by atoms with Gasteiger partial charge in [0, 0.05) is 32.1 Å². The van der Waals surface area contributed by atoms with E-state index in [9.17, 15) is 22.8 Å². The molecule has 3 aliphatic heterocycles. The highest BCUT2D eigenvalue weighted by Crippen LogP contribution is 2.31. The minimum Gasteiger partial charge on any atom is -0.490 e. The Morgan fingerprint density at radius 1 is 1.20 bits per heavy atom. The maximum Gasteiger partial charge on any atom is 0.416 e. The van der Waals surface area contributed by atoms with Gasteiger partial charge in [0.05, 0.1) is 17.7 Å². The zero-order valence-corrected chi connectivity index (χ0v) is 16.5. The third kappa shape index (κ3) is 4.33. The van der Waals surface area contributed by atoms with Gasteiger partial charge < -0.3 is 24.6 Å². The predicted octanol–water partition coefficient (Wildman–Crippen LogP) is 2.11. The molecule has 0 spiro atoms. The van der Waals surface area contributed by atoms with Crippen molar-refractivity contribution >= 4 is 11.9 Å². The number of benzene rings is 1. The Morgan fingerprint density at radius 2 is 1.90 bits per heavy atom. The molecule has 3 heterocycles. The molecule has 0 bridgehead atoms. The molecule has 1 aromatic carbocycles. The highest BCUT2D eigenvalue weighted by atomic mass is 19.4. The second-order valence-corrected chi connectivity index (χ2v) is 8.05. The summed E-state index contributed by atoms with van der Waals surface area (Å²) < 4.78 is 49.2. The number of nitrogens with zero attached hydrogens (tertiary/aromatic N) is 2. The molecule has 3 atom stereocenters. The smallest absolute Gasteiger partial charge is 0.416 e. The number of hydrogen-bond acceptors (Lipinski definition) is 4. The fourth-order valence-corrected chi connectivity index (χ4v) is 4.07. The van der Waals surface area contributed by atoms with Gasteiger partial charge in [-0.05, 0) is 37.6 Å². The van der Waals surface area contributed by atoms with Gasteiger partial charge in [-0.1, -0.05) is 0 Å². The van der Waals surface area contributed by atoms with Crippen LogP contribution in [0.5, 0.6) is 5.75 Å². The lowest BCUT2D eigenvalue weighted by Crippen LogP contribution is -2.64. The average molecular weight is 427 g/mol. The lowest BCUT2D eigenvalue weighted by Gasteiger charge is -2.47. The molecule has 3 aliphatic rings. The topological polar surface area (TPSA) is 71.1 Å². The molecule has 0 radical (unpaired) electrons. The first-order valence-corrected chi connectivity index (χ1v) is 9.99. The van der Waals surface area contributed by atoms with Crippen LogP contribution in [0.25, 0.3) is 0 Å². The molecule has 30 heavy (non-hydrogen) atoms. The molecule has 1 N–H and O–H groups in total. The summed E-state index contributed by atoms with van der Waals surface area (Å²) in [6.07, 6.45) is -3.97. The van der Waals surface area contributed by atoms with Gasteiger partial charge in [0.2, 0.25) is 5.91 Å². The van der Waals surface area contributed by atoms with E-state index in [1.165, 1.54) is 12.1 Å². The fraction of sp³-hybridized carbons (Fsp3) is 0.600. The van der Waals surface area contributed by atoms with Crippen LogP contribution >= 0.6 is 0 Å².